The Morgan fingerprint density at radius 1 is 1.33 bits per heavy atom. The van der Waals surface area contributed by atoms with Gasteiger partial charge in [0.1, 0.15) is 11.0 Å². The monoisotopic (exact) mass is 296 g/mol. The van der Waals surface area contributed by atoms with Crippen LogP contribution in [0.5, 0.6) is 0 Å². The van der Waals surface area contributed by atoms with Crippen LogP contribution < -0.4 is 0 Å². The van der Waals surface area contributed by atoms with Crippen molar-refractivity contribution in [3.8, 4) is 0 Å². The Morgan fingerprint density at radius 3 is 2.57 bits per heavy atom. The van der Waals surface area contributed by atoms with Gasteiger partial charge >= 0.3 is 5.97 Å². The molecule has 0 bridgehead atoms. The molecule has 1 aliphatic carbocycles. The summed E-state index contributed by atoms with van der Waals surface area (Å²) in [6.45, 7) is 5.55. The zero-order valence-electron chi connectivity index (χ0n) is 13.3. The van der Waals surface area contributed by atoms with Gasteiger partial charge in [-0.3, -0.25) is 4.79 Å². The molecule has 6 nitrogen and oxygen atoms in total. The van der Waals surface area contributed by atoms with E-state index in [4.69, 9.17) is 14.0 Å². The normalized spacial score (nSPS) is 18.5. The predicted molar refractivity (Wildman–Crippen MR) is 75.7 cm³/mol. The zero-order valence-corrected chi connectivity index (χ0v) is 13.3. The largest absolute Gasteiger partial charge is 0.465 e. The Hall–Kier alpha value is -1.43. The molecule has 1 aliphatic rings. The van der Waals surface area contributed by atoms with Crippen molar-refractivity contribution >= 4 is 5.97 Å². The molecule has 0 N–H and O–H groups in total. The molecule has 0 atom stereocenters. The second kappa shape index (κ2) is 6.13. The minimum absolute atomic E-state index is 0.276. The third-order valence-corrected chi connectivity index (χ3v) is 4.21. The fourth-order valence-electron chi connectivity index (χ4n) is 2.70. The summed E-state index contributed by atoms with van der Waals surface area (Å²) >= 11 is 0. The molecule has 118 valence electrons. The molecule has 0 unspecified atom stereocenters. The van der Waals surface area contributed by atoms with E-state index in [0.717, 1.165) is 25.7 Å². The number of carbonyl (C=O) groups excluding carboxylic acids is 1. The first kappa shape index (κ1) is 15.9. The van der Waals surface area contributed by atoms with Crippen LogP contribution in [0.1, 0.15) is 64.6 Å². The van der Waals surface area contributed by atoms with Gasteiger partial charge in [-0.25, -0.2) is 0 Å². The lowest BCUT2D eigenvalue weighted by molar-refractivity contribution is -0.149. The summed E-state index contributed by atoms with van der Waals surface area (Å²) in [5, 5.41) is 4.07. The van der Waals surface area contributed by atoms with Gasteiger partial charge in [0, 0.05) is 7.11 Å². The summed E-state index contributed by atoms with van der Waals surface area (Å²) in [7, 11) is 1.68. The lowest BCUT2D eigenvalue weighted by atomic mass is 9.84. The standard InChI is InChI=1S/C15H24N2O4/c1-5-20-13(18)14(2,3)12-16-11(17-21-12)15(19-4)9-7-6-8-10-15/h5-10H2,1-4H3. The number of ether oxygens (including phenoxy) is 2. The third-order valence-electron chi connectivity index (χ3n) is 4.21. The van der Waals surface area contributed by atoms with Gasteiger partial charge in [0.05, 0.1) is 6.61 Å². The number of methoxy groups -OCH3 is 1. The average Bonchev–Trinajstić information content (AvgIpc) is 2.99. The molecule has 1 fully saturated rings. The minimum Gasteiger partial charge on any atom is -0.465 e. The number of rotatable bonds is 5. The molecule has 0 amide bonds. The highest BCUT2D eigenvalue weighted by Crippen LogP contribution is 2.39. The molecule has 1 aromatic heterocycles. The van der Waals surface area contributed by atoms with Crippen LogP contribution in [-0.4, -0.2) is 29.8 Å². The van der Waals surface area contributed by atoms with Gasteiger partial charge in [-0.1, -0.05) is 24.4 Å². The molecule has 1 heterocycles. The lowest BCUT2D eigenvalue weighted by Gasteiger charge is -2.32. The van der Waals surface area contributed by atoms with E-state index in [0.29, 0.717) is 12.4 Å². The van der Waals surface area contributed by atoms with Gasteiger partial charge in [0.2, 0.25) is 11.7 Å². The Morgan fingerprint density at radius 2 is 2.00 bits per heavy atom. The van der Waals surface area contributed by atoms with Gasteiger partial charge in [-0.2, -0.15) is 4.98 Å². The van der Waals surface area contributed by atoms with Crippen molar-refractivity contribution < 1.29 is 18.8 Å². The lowest BCUT2D eigenvalue weighted by Crippen LogP contribution is -2.34. The molecule has 0 spiro atoms. The first-order valence-electron chi connectivity index (χ1n) is 7.53. The molecule has 1 saturated carbocycles. The summed E-state index contributed by atoms with van der Waals surface area (Å²) in [5.41, 5.74) is -1.43. The van der Waals surface area contributed by atoms with Crippen LogP contribution >= 0.6 is 0 Å². The number of esters is 1. The second-order valence-corrected chi connectivity index (χ2v) is 6.03. The topological polar surface area (TPSA) is 74.5 Å². The third kappa shape index (κ3) is 2.95. The molecule has 0 aliphatic heterocycles. The van der Waals surface area contributed by atoms with Crippen molar-refractivity contribution in [2.45, 2.75) is 63.9 Å². The van der Waals surface area contributed by atoms with Crippen LogP contribution in [0.2, 0.25) is 0 Å². The van der Waals surface area contributed by atoms with E-state index < -0.39 is 11.0 Å². The maximum absolute atomic E-state index is 12.0. The first-order chi connectivity index (χ1) is 9.96. The van der Waals surface area contributed by atoms with Gasteiger partial charge in [0.25, 0.3) is 0 Å². The Kier molecular flexibility index (Phi) is 4.66. The van der Waals surface area contributed by atoms with E-state index in [1.165, 1.54) is 6.42 Å². The highest BCUT2D eigenvalue weighted by atomic mass is 16.5. The number of aromatic nitrogens is 2. The van der Waals surface area contributed by atoms with Crippen LogP contribution in [-0.2, 0) is 25.3 Å². The zero-order chi connectivity index (χ0) is 15.5. The van der Waals surface area contributed by atoms with E-state index in [9.17, 15) is 4.79 Å². The van der Waals surface area contributed by atoms with Crippen molar-refractivity contribution in [2.24, 2.45) is 0 Å². The number of hydrogen-bond acceptors (Lipinski definition) is 6. The highest BCUT2D eigenvalue weighted by molar-refractivity contribution is 5.80. The number of carbonyl (C=O) groups is 1. The maximum atomic E-state index is 12.0. The molecule has 2 rings (SSSR count). The minimum atomic E-state index is -0.954. The molecule has 21 heavy (non-hydrogen) atoms. The molecular weight excluding hydrogens is 272 g/mol. The molecule has 0 saturated heterocycles. The molecule has 0 aromatic carbocycles. The summed E-state index contributed by atoms with van der Waals surface area (Å²) in [4.78, 5) is 16.5. The fraction of sp³-hybridized carbons (Fsp3) is 0.800. The molecule has 0 radical (unpaired) electrons. The SMILES string of the molecule is CCOC(=O)C(C)(C)c1nc(C2(OC)CCCCC2)no1. The van der Waals surface area contributed by atoms with Gasteiger partial charge in [0.15, 0.2) is 0 Å². The first-order valence-corrected chi connectivity index (χ1v) is 7.53. The summed E-state index contributed by atoms with van der Waals surface area (Å²) in [6, 6.07) is 0. The number of hydrogen-bond donors (Lipinski definition) is 0. The maximum Gasteiger partial charge on any atom is 0.321 e. The fourth-order valence-corrected chi connectivity index (χ4v) is 2.70. The van der Waals surface area contributed by atoms with Crippen molar-refractivity contribution in [1.82, 2.24) is 10.1 Å². The summed E-state index contributed by atoms with van der Waals surface area (Å²) in [6.07, 6.45) is 5.12. The van der Waals surface area contributed by atoms with Crippen molar-refractivity contribution in [3.63, 3.8) is 0 Å². The van der Waals surface area contributed by atoms with Crippen LogP contribution in [0.4, 0.5) is 0 Å². The number of nitrogens with zero attached hydrogens (tertiary/aromatic N) is 2. The van der Waals surface area contributed by atoms with E-state index >= 15 is 0 Å². The van der Waals surface area contributed by atoms with Crippen LogP contribution in [0.3, 0.4) is 0 Å². The summed E-state index contributed by atoms with van der Waals surface area (Å²) in [5.74, 6) is 0.449. The van der Waals surface area contributed by atoms with Gasteiger partial charge in [-0.15, -0.1) is 0 Å². The van der Waals surface area contributed by atoms with E-state index in [2.05, 4.69) is 10.1 Å². The average molecular weight is 296 g/mol. The Labute approximate surface area is 125 Å². The quantitative estimate of drug-likeness (QED) is 0.778. The predicted octanol–water partition coefficient (Wildman–Crippen LogP) is 2.72. The molecule has 6 heteroatoms. The molecular formula is C15H24N2O4. The Balaban J connectivity index is 2.26. The summed E-state index contributed by atoms with van der Waals surface area (Å²) < 4.78 is 16.1. The van der Waals surface area contributed by atoms with Crippen LogP contribution in [0.15, 0.2) is 4.52 Å². The Bertz CT molecular complexity index is 490. The van der Waals surface area contributed by atoms with E-state index in [1.807, 2.05) is 0 Å². The van der Waals surface area contributed by atoms with Gasteiger partial charge in [-0.05, 0) is 33.6 Å². The van der Waals surface area contributed by atoms with E-state index in [-0.39, 0.29) is 11.9 Å². The molecule has 1 aromatic rings. The van der Waals surface area contributed by atoms with Gasteiger partial charge < -0.3 is 14.0 Å². The smallest absolute Gasteiger partial charge is 0.321 e. The van der Waals surface area contributed by atoms with Crippen molar-refractivity contribution in [3.05, 3.63) is 11.7 Å². The highest BCUT2D eigenvalue weighted by Gasteiger charge is 2.42. The van der Waals surface area contributed by atoms with E-state index in [1.54, 1.807) is 27.9 Å². The van der Waals surface area contributed by atoms with Crippen LogP contribution in [0, 0.1) is 0 Å². The van der Waals surface area contributed by atoms with Crippen molar-refractivity contribution in [1.29, 1.82) is 0 Å². The second-order valence-electron chi connectivity index (χ2n) is 6.03. The van der Waals surface area contributed by atoms with Crippen LogP contribution in [0.25, 0.3) is 0 Å². The van der Waals surface area contributed by atoms with Crippen molar-refractivity contribution in [2.75, 3.05) is 13.7 Å².